The lowest BCUT2D eigenvalue weighted by Crippen LogP contribution is -2.19. The van der Waals surface area contributed by atoms with Crippen molar-refractivity contribution in [3.63, 3.8) is 0 Å². The summed E-state index contributed by atoms with van der Waals surface area (Å²) in [6.45, 7) is 1.04. The van der Waals surface area contributed by atoms with E-state index in [1.807, 2.05) is 30.3 Å². The molecule has 4 nitrogen and oxygen atoms in total. The van der Waals surface area contributed by atoms with Gasteiger partial charge >= 0.3 is 5.69 Å². The smallest absolute Gasteiger partial charge is 0.325 e. The van der Waals surface area contributed by atoms with E-state index in [2.05, 4.69) is 4.98 Å². The summed E-state index contributed by atoms with van der Waals surface area (Å²) in [5, 5.41) is 0. The van der Waals surface area contributed by atoms with Crippen molar-refractivity contribution in [2.75, 3.05) is 6.61 Å². The molecule has 0 atom stereocenters. The van der Waals surface area contributed by atoms with Crippen molar-refractivity contribution < 1.29 is 4.74 Å². The molecule has 0 saturated carbocycles. The van der Waals surface area contributed by atoms with Crippen LogP contribution in [0.2, 0.25) is 0 Å². The fourth-order valence-electron chi connectivity index (χ4n) is 1.30. The molecular weight excluding hydrogens is 192 g/mol. The van der Waals surface area contributed by atoms with E-state index in [1.165, 1.54) is 0 Å². The standard InChI is InChI=1S/C11H12N2O2/c14-11-12-6-7-13(11)8-9-15-10-4-2-1-3-5-10/h1-7H,8-9H2,(H,12,14). The number of aromatic nitrogens is 2. The van der Waals surface area contributed by atoms with E-state index < -0.39 is 0 Å². The number of hydrogen-bond donors (Lipinski definition) is 1. The van der Waals surface area contributed by atoms with E-state index in [-0.39, 0.29) is 5.69 Å². The number of para-hydroxylation sites is 1. The van der Waals surface area contributed by atoms with Crippen molar-refractivity contribution in [1.29, 1.82) is 0 Å². The van der Waals surface area contributed by atoms with Crippen molar-refractivity contribution in [2.24, 2.45) is 0 Å². The molecule has 15 heavy (non-hydrogen) atoms. The maximum absolute atomic E-state index is 11.1. The van der Waals surface area contributed by atoms with E-state index in [0.717, 1.165) is 5.75 Å². The Morgan fingerprint density at radius 1 is 1.27 bits per heavy atom. The quantitative estimate of drug-likeness (QED) is 0.814. The van der Waals surface area contributed by atoms with Crippen LogP contribution in [0, 0.1) is 0 Å². The van der Waals surface area contributed by atoms with E-state index >= 15 is 0 Å². The molecule has 78 valence electrons. The molecule has 0 amide bonds. The molecule has 1 aromatic heterocycles. The number of imidazole rings is 1. The molecule has 1 N–H and O–H groups in total. The second-order valence-corrected chi connectivity index (χ2v) is 3.12. The van der Waals surface area contributed by atoms with Crippen LogP contribution in [-0.4, -0.2) is 16.2 Å². The average Bonchev–Trinajstić information content (AvgIpc) is 2.66. The molecule has 0 aliphatic rings. The summed E-state index contributed by atoms with van der Waals surface area (Å²) in [6, 6.07) is 9.54. The minimum atomic E-state index is -0.105. The Morgan fingerprint density at radius 2 is 2.07 bits per heavy atom. The zero-order valence-corrected chi connectivity index (χ0v) is 8.22. The van der Waals surface area contributed by atoms with Gasteiger partial charge in [-0.2, -0.15) is 0 Å². The number of nitrogens with zero attached hydrogens (tertiary/aromatic N) is 1. The van der Waals surface area contributed by atoms with Crippen LogP contribution < -0.4 is 10.4 Å². The summed E-state index contributed by atoms with van der Waals surface area (Å²) in [4.78, 5) is 13.7. The van der Waals surface area contributed by atoms with Crippen LogP contribution in [0.1, 0.15) is 0 Å². The second kappa shape index (κ2) is 4.50. The largest absolute Gasteiger partial charge is 0.492 e. The van der Waals surface area contributed by atoms with Crippen LogP contribution >= 0.6 is 0 Å². The minimum Gasteiger partial charge on any atom is -0.492 e. The lowest BCUT2D eigenvalue weighted by atomic mass is 10.3. The van der Waals surface area contributed by atoms with E-state index in [1.54, 1.807) is 17.0 Å². The van der Waals surface area contributed by atoms with Crippen LogP contribution in [-0.2, 0) is 6.54 Å². The molecule has 0 saturated heterocycles. The van der Waals surface area contributed by atoms with E-state index in [4.69, 9.17) is 4.74 Å². The first-order valence-electron chi connectivity index (χ1n) is 4.78. The first-order chi connectivity index (χ1) is 7.36. The summed E-state index contributed by atoms with van der Waals surface area (Å²) < 4.78 is 7.03. The highest BCUT2D eigenvalue weighted by Gasteiger charge is 1.96. The number of benzene rings is 1. The second-order valence-electron chi connectivity index (χ2n) is 3.12. The van der Waals surface area contributed by atoms with Gasteiger partial charge in [0.05, 0.1) is 6.54 Å². The summed E-state index contributed by atoms with van der Waals surface area (Å²) in [5.41, 5.74) is -0.105. The number of nitrogens with one attached hydrogen (secondary N) is 1. The monoisotopic (exact) mass is 204 g/mol. The zero-order chi connectivity index (χ0) is 10.5. The lowest BCUT2D eigenvalue weighted by molar-refractivity contribution is 0.296. The maximum Gasteiger partial charge on any atom is 0.325 e. The number of rotatable bonds is 4. The van der Waals surface area contributed by atoms with Gasteiger partial charge < -0.3 is 9.72 Å². The molecule has 4 heteroatoms. The molecule has 1 heterocycles. The van der Waals surface area contributed by atoms with Crippen molar-refractivity contribution >= 4 is 0 Å². The van der Waals surface area contributed by atoms with Crippen molar-refractivity contribution in [3.05, 3.63) is 53.2 Å². The Bertz CT molecular complexity index is 459. The number of hydrogen-bond acceptors (Lipinski definition) is 2. The molecule has 0 radical (unpaired) electrons. The molecule has 2 aromatic rings. The van der Waals surface area contributed by atoms with Gasteiger partial charge in [-0.3, -0.25) is 4.57 Å². The zero-order valence-electron chi connectivity index (χ0n) is 8.22. The van der Waals surface area contributed by atoms with E-state index in [0.29, 0.717) is 13.2 Å². The number of aromatic amines is 1. The SMILES string of the molecule is O=c1[nH]ccn1CCOc1ccccc1. The molecule has 0 unspecified atom stereocenters. The Hall–Kier alpha value is -1.97. The van der Waals surface area contributed by atoms with Gasteiger partial charge in [-0.05, 0) is 12.1 Å². The Kier molecular flexibility index (Phi) is 2.88. The van der Waals surface area contributed by atoms with Gasteiger partial charge in [0.15, 0.2) is 0 Å². The summed E-state index contributed by atoms with van der Waals surface area (Å²) in [5.74, 6) is 0.820. The third kappa shape index (κ3) is 2.49. The molecule has 2 rings (SSSR count). The van der Waals surface area contributed by atoms with Gasteiger partial charge in [0, 0.05) is 12.4 Å². The number of ether oxygens (including phenoxy) is 1. The van der Waals surface area contributed by atoms with Gasteiger partial charge in [0.25, 0.3) is 0 Å². The van der Waals surface area contributed by atoms with Gasteiger partial charge in [-0.25, -0.2) is 4.79 Å². The summed E-state index contributed by atoms with van der Waals surface area (Å²) in [6.07, 6.45) is 3.32. The van der Waals surface area contributed by atoms with Gasteiger partial charge in [-0.1, -0.05) is 18.2 Å². The molecule has 0 bridgehead atoms. The molecule has 0 spiro atoms. The molecule has 0 fully saturated rings. The predicted octanol–water partition coefficient (Wildman–Crippen LogP) is 1.26. The fraction of sp³-hybridized carbons (Fsp3) is 0.182. The van der Waals surface area contributed by atoms with Gasteiger partial charge in [-0.15, -0.1) is 0 Å². The van der Waals surface area contributed by atoms with Crippen LogP contribution in [0.4, 0.5) is 0 Å². The van der Waals surface area contributed by atoms with Crippen LogP contribution in [0.15, 0.2) is 47.5 Å². The average molecular weight is 204 g/mol. The Labute approximate surface area is 87.1 Å². The minimum absolute atomic E-state index is 0.105. The topological polar surface area (TPSA) is 47.0 Å². The molecule has 1 aromatic carbocycles. The molecule has 0 aliphatic heterocycles. The first-order valence-corrected chi connectivity index (χ1v) is 4.78. The third-order valence-corrected chi connectivity index (χ3v) is 2.07. The third-order valence-electron chi connectivity index (χ3n) is 2.07. The van der Waals surface area contributed by atoms with Crippen LogP contribution in [0.3, 0.4) is 0 Å². The van der Waals surface area contributed by atoms with E-state index in [9.17, 15) is 4.79 Å². The highest BCUT2D eigenvalue weighted by atomic mass is 16.5. The Balaban J connectivity index is 1.86. The van der Waals surface area contributed by atoms with Gasteiger partial charge in [0.1, 0.15) is 12.4 Å². The van der Waals surface area contributed by atoms with Crippen molar-refractivity contribution in [3.8, 4) is 5.75 Å². The lowest BCUT2D eigenvalue weighted by Gasteiger charge is -2.05. The number of H-pyrrole nitrogens is 1. The summed E-state index contributed by atoms with van der Waals surface area (Å²) in [7, 11) is 0. The first kappa shape index (κ1) is 9.58. The maximum atomic E-state index is 11.1. The Morgan fingerprint density at radius 3 is 2.73 bits per heavy atom. The molecular formula is C11H12N2O2. The van der Waals surface area contributed by atoms with Crippen LogP contribution in [0.25, 0.3) is 0 Å². The molecule has 0 aliphatic carbocycles. The normalized spacial score (nSPS) is 10.1. The fourth-order valence-corrected chi connectivity index (χ4v) is 1.30. The predicted molar refractivity (Wildman–Crippen MR) is 57.0 cm³/mol. The van der Waals surface area contributed by atoms with Crippen molar-refractivity contribution in [1.82, 2.24) is 9.55 Å². The van der Waals surface area contributed by atoms with Crippen LogP contribution in [0.5, 0.6) is 5.75 Å². The highest BCUT2D eigenvalue weighted by Crippen LogP contribution is 2.07. The summed E-state index contributed by atoms with van der Waals surface area (Å²) >= 11 is 0. The van der Waals surface area contributed by atoms with Crippen molar-refractivity contribution in [2.45, 2.75) is 6.54 Å². The highest BCUT2D eigenvalue weighted by molar-refractivity contribution is 5.20. The van der Waals surface area contributed by atoms with Gasteiger partial charge in [0.2, 0.25) is 0 Å².